The van der Waals surface area contributed by atoms with E-state index in [1.807, 2.05) is 19.9 Å². The van der Waals surface area contributed by atoms with E-state index in [-0.39, 0.29) is 19.1 Å². The van der Waals surface area contributed by atoms with Gasteiger partial charge in [0, 0.05) is 31.1 Å². The number of aliphatic hydroxyl groups is 1. The van der Waals surface area contributed by atoms with E-state index in [0.29, 0.717) is 11.5 Å². The van der Waals surface area contributed by atoms with Crippen LogP contribution in [0.1, 0.15) is 41.5 Å². The zero-order valence-corrected chi connectivity index (χ0v) is 13.2. The van der Waals surface area contributed by atoms with Gasteiger partial charge >= 0.3 is 0 Å². The van der Waals surface area contributed by atoms with E-state index in [0.717, 1.165) is 24.5 Å². The summed E-state index contributed by atoms with van der Waals surface area (Å²) in [6.07, 6.45) is 1.82. The molecular weight excluding hydrogens is 268 g/mol. The van der Waals surface area contributed by atoms with Crippen LogP contribution in [0.5, 0.6) is 0 Å². The highest BCUT2D eigenvalue weighted by Gasteiger charge is 2.22. The van der Waals surface area contributed by atoms with Crippen LogP contribution in [0.25, 0.3) is 0 Å². The minimum Gasteiger partial charge on any atom is -0.389 e. The zero-order valence-electron chi connectivity index (χ0n) is 13.2. The summed E-state index contributed by atoms with van der Waals surface area (Å²) >= 11 is 0. The number of aliphatic hydroxyl groups excluding tert-OH is 1. The van der Waals surface area contributed by atoms with Gasteiger partial charge in [0.15, 0.2) is 0 Å². The van der Waals surface area contributed by atoms with Gasteiger partial charge < -0.3 is 19.7 Å². The highest BCUT2D eigenvalue weighted by atomic mass is 16.5. The topological polar surface area (TPSA) is 63.5 Å². The van der Waals surface area contributed by atoms with Crippen molar-refractivity contribution in [2.45, 2.75) is 46.3 Å². The summed E-state index contributed by atoms with van der Waals surface area (Å²) in [5.41, 5.74) is 2.72. The Morgan fingerprint density at radius 1 is 1.52 bits per heavy atom. The molecule has 0 spiro atoms. The van der Waals surface area contributed by atoms with Gasteiger partial charge in [-0.05, 0) is 45.6 Å². The Morgan fingerprint density at radius 2 is 2.24 bits per heavy atom. The van der Waals surface area contributed by atoms with Crippen LogP contribution in [0.15, 0.2) is 6.07 Å². The summed E-state index contributed by atoms with van der Waals surface area (Å²) < 4.78 is 7.52. The molecule has 2 rings (SSSR count). The minimum absolute atomic E-state index is 0.135. The Morgan fingerprint density at radius 3 is 2.81 bits per heavy atom. The molecular formula is C16H26N2O3. The standard InChI is InChI=1S/C16H26N2O3/c1-4-18-11(2)7-15(12(18)3)16(20)17-8-14(19)10-21-9-13-5-6-13/h7,13-14,19H,4-6,8-10H2,1-3H3,(H,17,20). The van der Waals surface area contributed by atoms with Crippen molar-refractivity contribution in [3.05, 3.63) is 23.0 Å². The van der Waals surface area contributed by atoms with Crippen LogP contribution in [0.4, 0.5) is 0 Å². The number of amides is 1. The molecule has 5 nitrogen and oxygen atoms in total. The largest absolute Gasteiger partial charge is 0.389 e. The molecule has 1 aliphatic rings. The first-order valence-corrected chi connectivity index (χ1v) is 7.73. The van der Waals surface area contributed by atoms with Crippen molar-refractivity contribution in [1.29, 1.82) is 0 Å². The Hall–Kier alpha value is -1.33. The average Bonchev–Trinajstić information content (AvgIpc) is 3.22. The summed E-state index contributed by atoms with van der Waals surface area (Å²) in [5, 5.41) is 12.6. The quantitative estimate of drug-likeness (QED) is 0.766. The van der Waals surface area contributed by atoms with Crippen molar-refractivity contribution in [2.75, 3.05) is 19.8 Å². The second-order valence-corrected chi connectivity index (χ2v) is 5.87. The number of ether oxygens (including phenoxy) is 1. The van der Waals surface area contributed by atoms with Crippen LogP contribution in [0.2, 0.25) is 0 Å². The molecule has 1 aromatic rings. The lowest BCUT2D eigenvalue weighted by atomic mass is 10.2. The smallest absolute Gasteiger partial charge is 0.253 e. The number of carbonyl (C=O) groups excluding carboxylic acids is 1. The molecule has 1 saturated carbocycles. The molecule has 1 aromatic heterocycles. The van der Waals surface area contributed by atoms with Gasteiger partial charge in [0.05, 0.1) is 18.3 Å². The van der Waals surface area contributed by atoms with E-state index >= 15 is 0 Å². The van der Waals surface area contributed by atoms with Crippen LogP contribution in [0, 0.1) is 19.8 Å². The molecule has 1 unspecified atom stereocenters. The molecule has 2 N–H and O–H groups in total. The van der Waals surface area contributed by atoms with Crippen LogP contribution >= 0.6 is 0 Å². The van der Waals surface area contributed by atoms with E-state index in [1.54, 1.807) is 0 Å². The van der Waals surface area contributed by atoms with E-state index in [1.165, 1.54) is 12.8 Å². The molecule has 1 atom stereocenters. The third-order valence-electron chi connectivity index (χ3n) is 3.99. The fourth-order valence-corrected chi connectivity index (χ4v) is 2.54. The maximum absolute atomic E-state index is 12.2. The van der Waals surface area contributed by atoms with E-state index < -0.39 is 6.10 Å². The Kier molecular flexibility index (Phi) is 5.42. The first-order valence-electron chi connectivity index (χ1n) is 7.73. The van der Waals surface area contributed by atoms with Crippen molar-refractivity contribution >= 4 is 5.91 Å². The number of hydrogen-bond acceptors (Lipinski definition) is 3. The number of rotatable bonds is 8. The first kappa shape index (κ1) is 16.0. The second-order valence-electron chi connectivity index (χ2n) is 5.87. The van der Waals surface area contributed by atoms with Gasteiger partial charge in [0.1, 0.15) is 0 Å². The lowest BCUT2D eigenvalue weighted by Crippen LogP contribution is -2.34. The molecule has 1 amide bonds. The summed E-state index contributed by atoms with van der Waals surface area (Å²) in [7, 11) is 0. The summed E-state index contributed by atoms with van der Waals surface area (Å²) in [5.74, 6) is 0.551. The number of nitrogens with zero attached hydrogens (tertiary/aromatic N) is 1. The van der Waals surface area contributed by atoms with Crippen molar-refractivity contribution in [2.24, 2.45) is 5.92 Å². The second kappa shape index (κ2) is 7.09. The number of nitrogens with one attached hydrogen (secondary N) is 1. The number of aryl methyl sites for hydroxylation is 1. The van der Waals surface area contributed by atoms with Crippen LogP contribution in [-0.4, -0.2) is 41.4 Å². The lowest BCUT2D eigenvalue weighted by molar-refractivity contribution is 0.0320. The number of carbonyl (C=O) groups is 1. The lowest BCUT2D eigenvalue weighted by Gasteiger charge is -2.12. The fourth-order valence-electron chi connectivity index (χ4n) is 2.54. The fraction of sp³-hybridized carbons (Fsp3) is 0.688. The molecule has 0 bridgehead atoms. The normalized spacial score (nSPS) is 16.0. The molecule has 1 aliphatic carbocycles. The van der Waals surface area contributed by atoms with E-state index in [9.17, 15) is 9.90 Å². The van der Waals surface area contributed by atoms with Gasteiger partial charge in [-0.25, -0.2) is 0 Å². The molecule has 1 fully saturated rings. The Labute approximate surface area is 126 Å². The van der Waals surface area contributed by atoms with Gasteiger partial charge in [-0.2, -0.15) is 0 Å². The maximum atomic E-state index is 12.2. The number of hydrogen-bond donors (Lipinski definition) is 2. The SMILES string of the molecule is CCn1c(C)cc(C(=O)NCC(O)COCC2CC2)c1C. The van der Waals surface area contributed by atoms with Crippen molar-refractivity contribution < 1.29 is 14.6 Å². The zero-order chi connectivity index (χ0) is 15.4. The Bertz CT molecular complexity index is 492. The third kappa shape index (κ3) is 4.32. The van der Waals surface area contributed by atoms with Gasteiger partial charge in [-0.3, -0.25) is 4.79 Å². The molecule has 0 aromatic carbocycles. The molecule has 21 heavy (non-hydrogen) atoms. The van der Waals surface area contributed by atoms with Gasteiger partial charge in [-0.1, -0.05) is 0 Å². The predicted molar refractivity (Wildman–Crippen MR) is 81.5 cm³/mol. The van der Waals surface area contributed by atoms with E-state index in [4.69, 9.17) is 4.74 Å². The molecule has 0 aliphatic heterocycles. The highest BCUT2D eigenvalue weighted by molar-refractivity contribution is 5.95. The van der Waals surface area contributed by atoms with Gasteiger partial charge in [-0.15, -0.1) is 0 Å². The van der Waals surface area contributed by atoms with E-state index in [2.05, 4.69) is 16.8 Å². The number of aromatic nitrogens is 1. The Balaban J connectivity index is 1.77. The summed E-state index contributed by atoms with van der Waals surface area (Å²) in [6, 6.07) is 1.89. The van der Waals surface area contributed by atoms with Gasteiger partial charge in [0.2, 0.25) is 0 Å². The van der Waals surface area contributed by atoms with Crippen LogP contribution < -0.4 is 5.32 Å². The molecule has 1 heterocycles. The summed E-state index contributed by atoms with van der Waals surface area (Å²) in [6.45, 7) is 8.08. The van der Waals surface area contributed by atoms with Gasteiger partial charge in [0.25, 0.3) is 5.91 Å². The van der Waals surface area contributed by atoms with Crippen LogP contribution in [-0.2, 0) is 11.3 Å². The highest BCUT2D eigenvalue weighted by Crippen LogP contribution is 2.28. The maximum Gasteiger partial charge on any atom is 0.253 e. The molecule has 0 saturated heterocycles. The van der Waals surface area contributed by atoms with Crippen LogP contribution in [0.3, 0.4) is 0 Å². The third-order valence-corrected chi connectivity index (χ3v) is 3.99. The minimum atomic E-state index is -0.651. The first-order chi connectivity index (χ1) is 10.0. The predicted octanol–water partition coefficient (Wildman–Crippen LogP) is 1.64. The van der Waals surface area contributed by atoms with Crippen molar-refractivity contribution in [3.8, 4) is 0 Å². The average molecular weight is 294 g/mol. The monoisotopic (exact) mass is 294 g/mol. The van der Waals surface area contributed by atoms with Crippen molar-refractivity contribution in [3.63, 3.8) is 0 Å². The molecule has 5 heteroatoms. The molecule has 0 radical (unpaired) electrons. The van der Waals surface area contributed by atoms with Crippen molar-refractivity contribution in [1.82, 2.24) is 9.88 Å². The molecule has 118 valence electrons. The summed E-state index contributed by atoms with van der Waals surface area (Å²) in [4.78, 5) is 12.2.